The lowest BCUT2D eigenvalue weighted by molar-refractivity contribution is -0.385. The average molecular weight is 294 g/mol. The molecule has 0 aliphatic carbocycles. The number of carboxylic acid groups (broad SMARTS) is 1. The molecule has 0 unspecified atom stereocenters. The predicted octanol–water partition coefficient (Wildman–Crippen LogP) is 0.184. The molecule has 2 atom stereocenters. The van der Waals surface area contributed by atoms with Crippen LogP contribution in [0, 0.1) is 10.1 Å². The molecular formula is C13H14N2O6. The molecule has 2 N–H and O–H groups in total. The smallest absolute Gasteiger partial charge is 0.326 e. The van der Waals surface area contributed by atoms with Gasteiger partial charge >= 0.3 is 5.97 Å². The molecule has 0 aromatic heterocycles. The van der Waals surface area contributed by atoms with Crippen molar-refractivity contribution in [1.82, 2.24) is 4.90 Å². The summed E-state index contributed by atoms with van der Waals surface area (Å²) in [4.78, 5) is 34.6. The van der Waals surface area contributed by atoms with Gasteiger partial charge in [0.1, 0.15) is 6.04 Å². The first-order valence-corrected chi connectivity index (χ1v) is 6.32. The van der Waals surface area contributed by atoms with Gasteiger partial charge in [-0.1, -0.05) is 18.2 Å². The number of amides is 1. The second kappa shape index (κ2) is 5.88. The summed E-state index contributed by atoms with van der Waals surface area (Å²) in [6.07, 6.45) is -1.19. The van der Waals surface area contributed by atoms with Gasteiger partial charge in [0.05, 0.1) is 17.4 Å². The lowest BCUT2D eigenvalue weighted by Gasteiger charge is -2.21. The van der Waals surface area contributed by atoms with Gasteiger partial charge in [0, 0.05) is 24.6 Å². The van der Waals surface area contributed by atoms with Crippen LogP contribution in [0.4, 0.5) is 5.69 Å². The first-order valence-electron chi connectivity index (χ1n) is 6.32. The van der Waals surface area contributed by atoms with Gasteiger partial charge in [-0.15, -0.1) is 0 Å². The van der Waals surface area contributed by atoms with E-state index in [9.17, 15) is 24.8 Å². The number of nitro groups is 1. The van der Waals surface area contributed by atoms with Gasteiger partial charge in [0.2, 0.25) is 5.91 Å². The second-order valence-electron chi connectivity index (χ2n) is 4.85. The monoisotopic (exact) mass is 294 g/mol. The van der Waals surface area contributed by atoms with Crippen LogP contribution in [0.5, 0.6) is 0 Å². The Kier molecular flexibility index (Phi) is 4.18. The number of carbonyl (C=O) groups is 2. The van der Waals surface area contributed by atoms with Gasteiger partial charge in [-0.3, -0.25) is 14.9 Å². The van der Waals surface area contributed by atoms with Crippen LogP contribution in [0.1, 0.15) is 12.0 Å². The molecule has 1 aliphatic heterocycles. The third-order valence-corrected chi connectivity index (χ3v) is 3.41. The molecule has 1 amide bonds. The first kappa shape index (κ1) is 14.9. The number of benzene rings is 1. The number of likely N-dealkylation sites (tertiary alicyclic amines) is 1. The summed E-state index contributed by atoms with van der Waals surface area (Å²) in [5, 5.41) is 29.5. The van der Waals surface area contributed by atoms with Gasteiger partial charge in [-0.2, -0.15) is 0 Å². The van der Waals surface area contributed by atoms with E-state index in [4.69, 9.17) is 5.11 Å². The van der Waals surface area contributed by atoms with Crippen LogP contribution in [0.25, 0.3) is 0 Å². The zero-order valence-electron chi connectivity index (χ0n) is 11.0. The van der Waals surface area contributed by atoms with Crippen molar-refractivity contribution in [3.05, 3.63) is 39.9 Å². The molecule has 0 bridgehead atoms. The van der Waals surface area contributed by atoms with Crippen molar-refractivity contribution in [1.29, 1.82) is 0 Å². The van der Waals surface area contributed by atoms with E-state index in [1.54, 1.807) is 6.07 Å². The molecule has 112 valence electrons. The molecule has 8 nitrogen and oxygen atoms in total. The highest BCUT2D eigenvalue weighted by atomic mass is 16.6. The Labute approximate surface area is 119 Å². The molecule has 2 rings (SSSR count). The Morgan fingerprint density at radius 3 is 2.67 bits per heavy atom. The molecule has 1 aromatic carbocycles. The van der Waals surface area contributed by atoms with E-state index in [1.807, 2.05) is 0 Å². The molecular weight excluding hydrogens is 280 g/mol. The molecule has 1 saturated heterocycles. The van der Waals surface area contributed by atoms with E-state index >= 15 is 0 Å². The summed E-state index contributed by atoms with van der Waals surface area (Å²) in [5.74, 6) is -1.74. The fourth-order valence-corrected chi connectivity index (χ4v) is 2.43. The van der Waals surface area contributed by atoms with Crippen molar-refractivity contribution in [2.24, 2.45) is 0 Å². The summed E-state index contributed by atoms with van der Waals surface area (Å²) >= 11 is 0. The maximum absolute atomic E-state index is 12.2. The quantitative estimate of drug-likeness (QED) is 0.603. The van der Waals surface area contributed by atoms with Crippen molar-refractivity contribution in [2.75, 3.05) is 6.54 Å². The minimum atomic E-state index is -1.19. The van der Waals surface area contributed by atoms with Crippen LogP contribution in [-0.2, 0) is 16.0 Å². The van der Waals surface area contributed by atoms with Crippen LogP contribution in [0.2, 0.25) is 0 Å². The van der Waals surface area contributed by atoms with Crippen molar-refractivity contribution < 1.29 is 24.7 Å². The Bertz CT molecular complexity index is 588. The number of aliphatic hydroxyl groups is 1. The number of carbonyl (C=O) groups excluding carboxylic acids is 1. The standard InChI is InChI=1S/C13H14N2O6/c16-9-6-11(13(18)19)14(7-9)12(17)5-8-3-1-2-4-10(8)15(20)21/h1-4,9,11,16H,5-7H2,(H,18,19)/t9-,11-/m1/s1. The number of hydrogen-bond acceptors (Lipinski definition) is 5. The first-order chi connectivity index (χ1) is 9.90. The van der Waals surface area contributed by atoms with Crippen molar-refractivity contribution in [3.63, 3.8) is 0 Å². The van der Waals surface area contributed by atoms with E-state index in [0.717, 1.165) is 4.90 Å². The lowest BCUT2D eigenvalue weighted by atomic mass is 10.1. The number of β-amino-alcohol motifs (C(OH)–C–C–N with tert-alkyl or cyclic N) is 1. The zero-order valence-corrected chi connectivity index (χ0v) is 11.0. The van der Waals surface area contributed by atoms with E-state index in [2.05, 4.69) is 0 Å². The zero-order chi connectivity index (χ0) is 15.6. The fraction of sp³-hybridized carbons (Fsp3) is 0.385. The number of hydrogen-bond donors (Lipinski definition) is 2. The number of carboxylic acids is 1. The fourth-order valence-electron chi connectivity index (χ4n) is 2.43. The number of para-hydroxylation sites is 1. The molecule has 8 heteroatoms. The van der Waals surface area contributed by atoms with Crippen LogP contribution in [-0.4, -0.2) is 50.6 Å². The van der Waals surface area contributed by atoms with Crippen LogP contribution >= 0.6 is 0 Å². The van der Waals surface area contributed by atoms with E-state index in [-0.39, 0.29) is 30.6 Å². The van der Waals surface area contributed by atoms with Gasteiger partial charge in [0.15, 0.2) is 0 Å². The molecule has 1 aromatic rings. The second-order valence-corrected chi connectivity index (χ2v) is 4.85. The third kappa shape index (κ3) is 3.16. The van der Waals surface area contributed by atoms with Gasteiger partial charge in [-0.25, -0.2) is 4.79 Å². The summed E-state index contributed by atoms with van der Waals surface area (Å²) in [7, 11) is 0. The summed E-state index contributed by atoms with van der Waals surface area (Å²) < 4.78 is 0. The maximum Gasteiger partial charge on any atom is 0.326 e. The molecule has 1 aliphatic rings. The molecule has 0 saturated carbocycles. The Morgan fingerprint density at radius 1 is 1.38 bits per heavy atom. The number of aliphatic hydroxyl groups excluding tert-OH is 1. The Hall–Kier alpha value is -2.48. The molecule has 0 radical (unpaired) electrons. The van der Waals surface area contributed by atoms with Crippen LogP contribution in [0.3, 0.4) is 0 Å². The topological polar surface area (TPSA) is 121 Å². The Balaban J connectivity index is 2.18. The predicted molar refractivity (Wildman–Crippen MR) is 70.6 cm³/mol. The third-order valence-electron chi connectivity index (χ3n) is 3.41. The van der Waals surface area contributed by atoms with Gasteiger partial charge in [0.25, 0.3) is 5.69 Å². The van der Waals surface area contributed by atoms with Crippen LogP contribution < -0.4 is 0 Å². The minimum Gasteiger partial charge on any atom is -0.480 e. The number of rotatable bonds is 4. The maximum atomic E-state index is 12.2. The molecule has 0 spiro atoms. The summed E-state index contributed by atoms with van der Waals surface area (Å²) in [6, 6.07) is 4.72. The summed E-state index contributed by atoms with van der Waals surface area (Å²) in [5.41, 5.74) is 0.0375. The number of nitro benzene ring substituents is 1. The molecule has 21 heavy (non-hydrogen) atoms. The SMILES string of the molecule is O=C(O)[C@H]1C[C@@H](O)CN1C(=O)Cc1ccccc1[N+](=O)[O-]. The molecule has 1 fully saturated rings. The van der Waals surface area contributed by atoms with Crippen molar-refractivity contribution in [3.8, 4) is 0 Å². The number of nitrogens with zero attached hydrogens (tertiary/aromatic N) is 2. The largest absolute Gasteiger partial charge is 0.480 e. The average Bonchev–Trinajstić information content (AvgIpc) is 2.81. The van der Waals surface area contributed by atoms with E-state index < -0.39 is 28.9 Å². The van der Waals surface area contributed by atoms with Crippen LogP contribution in [0.15, 0.2) is 24.3 Å². The van der Waals surface area contributed by atoms with Gasteiger partial charge < -0.3 is 15.1 Å². The minimum absolute atomic E-state index is 0.0298. The lowest BCUT2D eigenvalue weighted by Crippen LogP contribution is -2.41. The normalized spacial score (nSPS) is 21.3. The Morgan fingerprint density at radius 2 is 2.05 bits per heavy atom. The highest BCUT2D eigenvalue weighted by Gasteiger charge is 2.39. The van der Waals surface area contributed by atoms with Crippen molar-refractivity contribution >= 4 is 17.6 Å². The van der Waals surface area contributed by atoms with E-state index in [1.165, 1.54) is 18.2 Å². The highest BCUT2D eigenvalue weighted by molar-refractivity contribution is 5.86. The number of aliphatic carboxylic acids is 1. The van der Waals surface area contributed by atoms with E-state index in [0.29, 0.717) is 0 Å². The summed E-state index contributed by atoms with van der Waals surface area (Å²) in [6.45, 7) is -0.0730. The van der Waals surface area contributed by atoms with Crippen molar-refractivity contribution in [2.45, 2.75) is 25.0 Å². The molecule has 1 heterocycles. The van der Waals surface area contributed by atoms with Gasteiger partial charge in [-0.05, 0) is 0 Å². The highest BCUT2D eigenvalue weighted by Crippen LogP contribution is 2.23.